The predicted octanol–water partition coefficient (Wildman–Crippen LogP) is 0.421. The Balaban J connectivity index is 2.96. The fraction of sp³-hybridized carbons (Fsp3) is 0.625. The summed E-state index contributed by atoms with van der Waals surface area (Å²) in [5.41, 5.74) is 0. The molecule has 9 heteroatoms. The van der Waals surface area contributed by atoms with Crippen molar-refractivity contribution in [2.45, 2.75) is 11.7 Å². The quantitative estimate of drug-likeness (QED) is 0.732. The first-order valence-corrected chi connectivity index (χ1v) is 8.23. The highest BCUT2D eigenvalue weighted by atomic mass is 32.2. The maximum Gasteiger partial charge on any atom is 0.260 e. The molecule has 0 aromatic heterocycles. The molecule has 6 nitrogen and oxygen atoms in total. The number of nitrogens with one attached hydrogen (secondary N) is 1. The van der Waals surface area contributed by atoms with Crippen molar-refractivity contribution in [1.82, 2.24) is 9.79 Å². The standard InChI is InChI=1S/C8H14N2O4S3/c1-10(2)7(11)5-4-6(8(15-3)16-5)17(13,14)9-12/h5,9,12H,4H2,1-3H3. The van der Waals surface area contributed by atoms with Crippen molar-refractivity contribution >= 4 is 39.5 Å². The summed E-state index contributed by atoms with van der Waals surface area (Å²) in [6.07, 6.45) is 1.84. The van der Waals surface area contributed by atoms with E-state index in [0.29, 0.717) is 4.24 Å². The highest BCUT2D eigenvalue weighted by Crippen LogP contribution is 2.45. The van der Waals surface area contributed by atoms with Gasteiger partial charge in [0.2, 0.25) is 5.91 Å². The zero-order valence-electron chi connectivity index (χ0n) is 9.63. The van der Waals surface area contributed by atoms with Crippen LogP contribution in [0, 0.1) is 0 Å². The summed E-state index contributed by atoms with van der Waals surface area (Å²) in [7, 11) is -0.632. The summed E-state index contributed by atoms with van der Waals surface area (Å²) >= 11 is 2.48. The van der Waals surface area contributed by atoms with Gasteiger partial charge in [0.05, 0.1) is 14.4 Å². The highest BCUT2D eigenvalue weighted by Gasteiger charge is 2.36. The third kappa shape index (κ3) is 3.16. The second kappa shape index (κ2) is 5.61. The van der Waals surface area contributed by atoms with E-state index in [1.54, 1.807) is 20.4 Å². The van der Waals surface area contributed by atoms with Crippen LogP contribution in [0.2, 0.25) is 0 Å². The minimum Gasteiger partial charge on any atom is -0.348 e. The molecule has 1 heterocycles. The summed E-state index contributed by atoms with van der Waals surface area (Å²) in [4.78, 5) is 14.6. The molecular formula is C8H14N2O4S3. The van der Waals surface area contributed by atoms with Crippen LogP contribution in [0.3, 0.4) is 0 Å². The van der Waals surface area contributed by atoms with Gasteiger partial charge in [-0.25, -0.2) is 8.42 Å². The summed E-state index contributed by atoms with van der Waals surface area (Å²) < 4.78 is 23.6. The maximum absolute atomic E-state index is 11.8. The van der Waals surface area contributed by atoms with Gasteiger partial charge < -0.3 is 10.1 Å². The molecule has 0 fully saturated rings. The lowest BCUT2D eigenvalue weighted by atomic mass is 10.3. The van der Waals surface area contributed by atoms with Crippen LogP contribution in [0.5, 0.6) is 0 Å². The monoisotopic (exact) mass is 298 g/mol. The molecule has 98 valence electrons. The molecule has 0 aromatic carbocycles. The molecule has 1 amide bonds. The number of allylic oxidation sites excluding steroid dienone is 1. The lowest BCUT2D eigenvalue weighted by Crippen LogP contribution is -2.31. The number of rotatable bonds is 4. The first-order valence-electron chi connectivity index (χ1n) is 4.64. The Hall–Kier alpha value is -0.220. The van der Waals surface area contributed by atoms with Crippen molar-refractivity contribution in [3.63, 3.8) is 0 Å². The molecule has 0 saturated carbocycles. The molecule has 1 aliphatic heterocycles. The highest BCUT2D eigenvalue weighted by molar-refractivity contribution is 8.23. The molecule has 2 N–H and O–H groups in total. The third-order valence-electron chi connectivity index (χ3n) is 2.19. The van der Waals surface area contributed by atoms with Crippen LogP contribution >= 0.6 is 23.5 Å². The zero-order valence-corrected chi connectivity index (χ0v) is 12.1. The van der Waals surface area contributed by atoms with Crippen LogP contribution in [0.15, 0.2) is 9.14 Å². The van der Waals surface area contributed by atoms with Gasteiger partial charge in [0.1, 0.15) is 0 Å². The topological polar surface area (TPSA) is 86.7 Å². The van der Waals surface area contributed by atoms with Crippen molar-refractivity contribution in [3.05, 3.63) is 9.14 Å². The zero-order chi connectivity index (χ0) is 13.2. The van der Waals surface area contributed by atoms with Gasteiger partial charge in [-0.15, -0.1) is 23.5 Å². The molecule has 0 saturated heterocycles. The van der Waals surface area contributed by atoms with Gasteiger partial charge in [-0.05, 0) is 6.26 Å². The maximum atomic E-state index is 11.8. The first kappa shape index (κ1) is 14.8. The number of carbonyl (C=O) groups excluding carboxylic acids is 1. The molecule has 1 rings (SSSR count). The molecule has 0 spiro atoms. The van der Waals surface area contributed by atoms with Crippen LogP contribution in [-0.2, 0) is 14.8 Å². The minimum atomic E-state index is -3.88. The number of hydrogen-bond donors (Lipinski definition) is 2. The lowest BCUT2D eigenvalue weighted by molar-refractivity contribution is -0.128. The number of amides is 1. The van der Waals surface area contributed by atoms with Crippen LogP contribution in [-0.4, -0.2) is 50.0 Å². The second-order valence-electron chi connectivity index (χ2n) is 3.55. The molecule has 0 radical (unpaired) electrons. The minimum absolute atomic E-state index is 0.0812. The van der Waals surface area contributed by atoms with E-state index in [2.05, 4.69) is 0 Å². The fourth-order valence-corrected chi connectivity index (χ4v) is 5.30. The summed E-state index contributed by atoms with van der Waals surface area (Å²) in [5.74, 6) is -0.135. The van der Waals surface area contributed by atoms with E-state index in [-0.39, 0.29) is 17.2 Å². The Morgan fingerprint density at radius 2 is 2.18 bits per heavy atom. The Morgan fingerprint density at radius 1 is 1.59 bits per heavy atom. The van der Waals surface area contributed by atoms with Crippen molar-refractivity contribution in [1.29, 1.82) is 0 Å². The van der Waals surface area contributed by atoms with Gasteiger partial charge in [0, 0.05) is 20.5 Å². The fourth-order valence-electron chi connectivity index (χ4n) is 1.35. The van der Waals surface area contributed by atoms with E-state index >= 15 is 0 Å². The molecule has 1 atom stereocenters. The average molecular weight is 298 g/mol. The first-order chi connectivity index (χ1) is 7.83. The smallest absolute Gasteiger partial charge is 0.260 e. The Kier molecular flexibility index (Phi) is 4.90. The third-order valence-corrected chi connectivity index (χ3v) is 6.23. The molecular weight excluding hydrogens is 284 g/mol. The van der Waals surface area contributed by atoms with E-state index in [1.165, 1.54) is 33.3 Å². The average Bonchev–Trinajstić information content (AvgIpc) is 2.72. The van der Waals surface area contributed by atoms with Gasteiger partial charge in [0.25, 0.3) is 10.0 Å². The van der Waals surface area contributed by atoms with Crippen molar-refractivity contribution in [3.8, 4) is 0 Å². The van der Waals surface area contributed by atoms with Gasteiger partial charge in [0.15, 0.2) is 0 Å². The Morgan fingerprint density at radius 3 is 2.59 bits per heavy atom. The molecule has 1 unspecified atom stereocenters. The molecule has 0 aromatic rings. The normalized spacial score (nSPS) is 20.8. The molecule has 0 aliphatic carbocycles. The lowest BCUT2D eigenvalue weighted by Gasteiger charge is -2.15. The van der Waals surface area contributed by atoms with Crippen molar-refractivity contribution < 1.29 is 18.4 Å². The number of hydrogen-bond acceptors (Lipinski definition) is 6. The number of thioether (sulfide) groups is 2. The predicted molar refractivity (Wildman–Crippen MR) is 69.1 cm³/mol. The molecule has 1 aliphatic rings. The van der Waals surface area contributed by atoms with E-state index in [9.17, 15) is 13.2 Å². The van der Waals surface area contributed by atoms with E-state index < -0.39 is 15.3 Å². The number of sulfonamides is 1. The largest absolute Gasteiger partial charge is 0.348 e. The summed E-state index contributed by atoms with van der Waals surface area (Å²) in [6.45, 7) is 0. The van der Waals surface area contributed by atoms with Gasteiger partial charge in [-0.2, -0.15) is 0 Å². The van der Waals surface area contributed by atoms with Crippen LogP contribution in [0.4, 0.5) is 0 Å². The van der Waals surface area contributed by atoms with E-state index in [4.69, 9.17) is 5.21 Å². The van der Waals surface area contributed by atoms with Crippen molar-refractivity contribution in [2.75, 3.05) is 20.4 Å². The van der Waals surface area contributed by atoms with Crippen LogP contribution in [0.1, 0.15) is 6.42 Å². The summed E-state index contributed by atoms with van der Waals surface area (Å²) in [6, 6.07) is 0. The number of carbonyl (C=O) groups is 1. The SMILES string of the molecule is CSC1=C(S(=O)(=O)NO)CC(C(=O)N(C)C)S1. The van der Waals surface area contributed by atoms with Gasteiger partial charge in [-0.1, -0.05) is 4.89 Å². The van der Waals surface area contributed by atoms with E-state index in [0.717, 1.165) is 0 Å². The molecule has 17 heavy (non-hydrogen) atoms. The summed E-state index contributed by atoms with van der Waals surface area (Å²) in [5, 5.41) is 8.18. The van der Waals surface area contributed by atoms with E-state index in [1.807, 2.05) is 0 Å². The van der Waals surface area contributed by atoms with Gasteiger partial charge >= 0.3 is 0 Å². The Bertz CT molecular complexity index is 444. The number of nitrogens with zero attached hydrogens (tertiary/aromatic N) is 1. The van der Waals surface area contributed by atoms with Gasteiger partial charge in [-0.3, -0.25) is 4.79 Å². The molecule has 0 bridgehead atoms. The Labute approximate surface area is 109 Å². The second-order valence-corrected chi connectivity index (χ2v) is 7.52. The van der Waals surface area contributed by atoms with Crippen LogP contribution < -0.4 is 4.89 Å². The van der Waals surface area contributed by atoms with Crippen LogP contribution in [0.25, 0.3) is 0 Å². The van der Waals surface area contributed by atoms with Crippen molar-refractivity contribution in [2.24, 2.45) is 0 Å².